The zero-order valence-electron chi connectivity index (χ0n) is 19.1. The Morgan fingerprint density at radius 2 is 1.94 bits per heavy atom. The molecule has 0 amide bonds. The first-order valence-corrected chi connectivity index (χ1v) is 11.4. The molecule has 0 atom stereocenters. The van der Waals surface area contributed by atoms with E-state index < -0.39 is 0 Å². The van der Waals surface area contributed by atoms with Crippen molar-refractivity contribution in [3.8, 4) is 11.5 Å². The van der Waals surface area contributed by atoms with Gasteiger partial charge >= 0.3 is 0 Å². The van der Waals surface area contributed by atoms with Gasteiger partial charge in [0.05, 0.1) is 25.1 Å². The quantitative estimate of drug-likeness (QED) is 0.405. The van der Waals surface area contributed by atoms with Gasteiger partial charge in [-0.1, -0.05) is 60.7 Å². The molecular weight excluding hydrogens is 420 g/mol. The van der Waals surface area contributed by atoms with Gasteiger partial charge in [0.2, 0.25) is 0 Å². The van der Waals surface area contributed by atoms with Gasteiger partial charge in [0, 0.05) is 11.8 Å². The molecule has 4 heteroatoms. The van der Waals surface area contributed by atoms with Gasteiger partial charge in [-0.25, -0.2) is 0 Å². The molecule has 2 heterocycles. The number of hydrogen-bond donors (Lipinski definition) is 0. The lowest BCUT2D eigenvalue weighted by Crippen LogP contribution is -2.00. The predicted octanol–water partition coefficient (Wildman–Crippen LogP) is 6.35. The highest BCUT2D eigenvalue weighted by Gasteiger charge is 2.10. The number of benzene rings is 2. The molecular formula is C30H26N2O2. The summed E-state index contributed by atoms with van der Waals surface area (Å²) in [5, 5.41) is 0. The zero-order chi connectivity index (χ0) is 23.2. The number of aliphatic imine (C=N–C) groups is 1. The Bertz CT molecular complexity index is 1330. The van der Waals surface area contributed by atoms with Gasteiger partial charge in [-0.05, 0) is 65.1 Å². The van der Waals surface area contributed by atoms with E-state index in [1.165, 1.54) is 22.3 Å². The molecule has 0 unspecified atom stereocenters. The van der Waals surface area contributed by atoms with Crippen molar-refractivity contribution in [1.82, 2.24) is 4.98 Å². The molecule has 1 aromatic heterocycles. The lowest BCUT2D eigenvalue weighted by molar-refractivity contribution is 0.280. The van der Waals surface area contributed by atoms with Crippen molar-refractivity contribution in [3.63, 3.8) is 0 Å². The van der Waals surface area contributed by atoms with E-state index in [1.807, 2.05) is 48.6 Å². The third-order valence-corrected chi connectivity index (χ3v) is 5.82. The molecule has 0 saturated heterocycles. The topological polar surface area (TPSA) is 43.7 Å². The maximum Gasteiger partial charge on any atom is 0.167 e. The van der Waals surface area contributed by atoms with Crippen LogP contribution in [0.4, 0.5) is 0 Å². The van der Waals surface area contributed by atoms with E-state index >= 15 is 0 Å². The predicted molar refractivity (Wildman–Crippen MR) is 139 cm³/mol. The number of fused-ring (bicyclic) bond motifs is 1. The maximum absolute atomic E-state index is 5.97. The highest BCUT2D eigenvalue weighted by atomic mass is 16.5. The number of allylic oxidation sites excluding steroid dienone is 3. The molecule has 1 aliphatic carbocycles. The van der Waals surface area contributed by atoms with Gasteiger partial charge in [0.15, 0.2) is 11.5 Å². The number of para-hydroxylation sites is 1. The summed E-state index contributed by atoms with van der Waals surface area (Å²) in [6.45, 7) is 1.07. The van der Waals surface area contributed by atoms with Crippen molar-refractivity contribution in [2.75, 3.05) is 13.7 Å². The average molecular weight is 447 g/mol. The average Bonchev–Trinajstić information content (AvgIpc) is 3.54. The fraction of sp³-hybridized carbons (Fsp3) is 0.133. The summed E-state index contributed by atoms with van der Waals surface area (Å²) >= 11 is 0. The van der Waals surface area contributed by atoms with E-state index in [0.29, 0.717) is 24.7 Å². The Labute approximate surface area is 200 Å². The summed E-state index contributed by atoms with van der Waals surface area (Å²) < 4.78 is 11.6. The Kier molecular flexibility index (Phi) is 6.48. The largest absolute Gasteiger partial charge is 0.492 e. The molecule has 168 valence electrons. The van der Waals surface area contributed by atoms with Crippen molar-refractivity contribution in [3.05, 3.63) is 119 Å². The Hall–Kier alpha value is -4.18. The van der Waals surface area contributed by atoms with Crippen LogP contribution in [0.1, 0.15) is 27.9 Å². The van der Waals surface area contributed by atoms with Crippen LogP contribution >= 0.6 is 0 Å². The van der Waals surface area contributed by atoms with Gasteiger partial charge in [0.25, 0.3) is 0 Å². The summed E-state index contributed by atoms with van der Waals surface area (Å²) in [6, 6.07) is 18.3. The fourth-order valence-corrected chi connectivity index (χ4v) is 4.06. The second-order valence-electron chi connectivity index (χ2n) is 8.18. The van der Waals surface area contributed by atoms with Crippen LogP contribution in [0.2, 0.25) is 0 Å². The molecule has 2 aliphatic rings. The summed E-state index contributed by atoms with van der Waals surface area (Å²) in [4.78, 5) is 8.96. The van der Waals surface area contributed by atoms with E-state index in [4.69, 9.17) is 9.47 Å². The number of aromatic nitrogens is 1. The molecule has 0 bridgehead atoms. The van der Waals surface area contributed by atoms with Crippen molar-refractivity contribution in [2.24, 2.45) is 4.99 Å². The third-order valence-electron chi connectivity index (χ3n) is 5.82. The second kappa shape index (κ2) is 10.2. The minimum atomic E-state index is 0.385. The standard InChI is InChI=1S/C30H26N2O2/c1-33-30-25(7-5-10-29(30)34-21-28-9-2-3-17-31-28)15-16-27-19-23(20-32-27)12-11-22-13-14-24-6-4-8-26(24)18-22/h2-7,9-19H,8,20-21H2,1H3/b12-11+,16-15+. The number of nitrogens with zero attached hydrogens (tertiary/aromatic N) is 2. The van der Waals surface area contributed by atoms with Crippen LogP contribution in [-0.2, 0) is 13.0 Å². The normalized spacial score (nSPS) is 14.5. The van der Waals surface area contributed by atoms with E-state index in [0.717, 1.165) is 23.4 Å². The van der Waals surface area contributed by atoms with Gasteiger partial charge < -0.3 is 9.47 Å². The van der Waals surface area contributed by atoms with Crippen LogP contribution in [0, 0.1) is 0 Å². The van der Waals surface area contributed by atoms with Crippen LogP contribution < -0.4 is 9.47 Å². The highest BCUT2D eigenvalue weighted by Crippen LogP contribution is 2.32. The number of pyridine rings is 1. The fourth-order valence-electron chi connectivity index (χ4n) is 4.06. The molecule has 0 saturated carbocycles. The third kappa shape index (κ3) is 5.07. The van der Waals surface area contributed by atoms with E-state index in [2.05, 4.69) is 58.6 Å². The lowest BCUT2D eigenvalue weighted by Gasteiger charge is -2.12. The van der Waals surface area contributed by atoms with Crippen molar-refractivity contribution in [1.29, 1.82) is 0 Å². The first-order chi connectivity index (χ1) is 16.8. The summed E-state index contributed by atoms with van der Waals surface area (Å²) in [6.07, 6.45) is 17.7. The SMILES string of the molecule is COc1c(/C=C/C2=NCC(/C=C/c3ccc4c(c3)CC=C4)=C2)cccc1OCc1ccccn1. The Balaban J connectivity index is 1.25. The number of ether oxygens (including phenoxy) is 2. The summed E-state index contributed by atoms with van der Waals surface area (Å²) in [5.41, 5.74) is 7.88. The Morgan fingerprint density at radius 1 is 0.971 bits per heavy atom. The van der Waals surface area contributed by atoms with Crippen LogP contribution in [0.5, 0.6) is 11.5 Å². The van der Waals surface area contributed by atoms with E-state index in [9.17, 15) is 0 Å². The highest BCUT2D eigenvalue weighted by molar-refractivity contribution is 6.08. The first kappa shape index (κ1) is 21.7. The van der Waals surface area contributed by atoms with Crippen LogP contribution in [0.25, 0.3) is 18.2 Å². The minimum absolute atomic E-state index is 0.385. The van der Waals surface area contributed by atoms with Crippen LogP contribution in [-0.4, -0.2) is 24.4 Å². The lowest BCUT2D eigenvalue weighted by atomic mass is 10.0. The molecule has 0 N–H and O–H groups in total. The minimum Gasteiger partial charge on any atom is -0.492 e. The van der Waals surface area contributed by atoms with Gasteiger partial charge in [-0.15, -0.1) is 0 Å². The van der Waals surface area contributed by atoms with Gasteiger partial charge in [-0.2, -0.15) is 0 Å². The van der Waals surface area contributed by atoms with Crippen LogP contribution in [0.3, 0.4) is 0 Å². The number of hydrogen-bond acceptors (Lipinski definition) is 4. The maximum atomic E-state index is 5.97. The van der Waals surface area contributed by atoms with Crippen molar-refractivity contribution in [2.45, 2.75) is 13.0 Å². The smallest absolute Gasteiger partial charge is 0.167 e. The number of methoxy groups -OCH3 is 1. The molecule has 0 spiro atoms. The van der Waals surface area contributed by atoms with Gasteiger partial charge in [-0.3, -0.25) is 9.98 Å². The molecule has 2 aromatic carbocycles. The second-order valence-corrected chi connectivity index (χ2v) is 8.18. The molecule has 1 aliphatic heterocycles. The van der Waals surface area contributed by atoms with Crippen molar-refractivity contribution >= 4 is 23.9 Å². The molecule has 0 fully saturated rings. The summed E-state index contributed by atoms with van der Waals surface area (Å²) in [7, 11) is 1.66. The molecule has 34 heavy (non-hydrogen) atoms. The number of rotatable bonds is 8. The zero-order valence-corrected chi connectivity index (χ0v) is 19.1. The van der Waals surface area contributed by atoms with E-state index in [1.54, 1.807) is 13.3 Å². The molecule has 3 aromatic rings. The molecule has 0 radical (unpaired) electrons. The first-order valence-electron chi connectivity index (χ1n) is 11.4. The van der Waals surface area contributed by atoms with Crippen LogP contribution in [0.15, 0.2) is 95.7 Å². The monoisotopic (exact) mass is 446 g/mol. The van der Waals surface area contributed by atoms with Gasteiger partial charge in [0.1, 0.15) is 6.61 Å². The van der Waals surface area contributed by atoms with E-state index in [-0.39, 0.29) is 0 Å². The van der Waals surface area contributed by atoms with Crippen molar-refractivity contribution < 1.29 is 9.47 Å². The Morgan fingerprint density at radius 3 is 2.82 bits per heavy atom. The molecule has 5 rings (SSSR count). The summed E-state index contributed by atoms with van der Waals surface area (Å²) in [5.74, 6) is 1.39. The molecule has 4 nitrogen and oxygen atoms in total.